The first-order valence-electron chi connectivity index (χ1n) is 3.90. The Morgan fingerprint density at radius 2 is 2.00 bits per heavy atom. The third-order valence-electron chi connectivity index (χ3n) is 2.56. The Morgan fingerprint density at radius 1 is 1.55 bits per heavy atom. The molecule has 0 saturated heterocycles. The van der Waals surface area contributed by atoms with Crippen molar-refractivity contribution < 1.29 is 10.2 Å². The van der Waals surface area contributed by atoms with Crippen molar-refractivity contribution >= 4 is 0 Å². The molecule has 0 amide bonds. The van der Waals surface area contributed by atoms with Crippen LogP contribution in [0.5, 0.6) is 0 Å². The minimum atomic E-state index is -0.632. The molecule has 0 fully saturated rings. The molecule has 0 aliphatic rings. The van der Waals surface area contributed by atoms with E-state index in [1.165, 1.54) is 6.08 Å². The smallest absolute Gasteiger partial charge is 0.0796 e. The minimum Gasteiger partial charge on any atom is -0.396 e. The van der Waals surface area contributed by atoms with E-state index in [-0.39, 0.29) is 12.5 Å². The van der Waals surface area contributed by atoms with Crippen molar-refractivity contribution in [2.75, 3.05) is 6.61 Å². The van der Waals surface area contributed by atoms with Crippen LogP contribution in [0.15, 0.2) is 12.7 Å². The average Bonchev–Trinajstić information content (AvgIpc) is 2.01. The average molecular weight is 158 g/mol. The van der Waals surface area contributed by atoms with E-state index in [2.05, 4.69) is 6.58 Å². The summed E-state index contributed by atoms with van der Waals surface area (Å²) in [5, 5.41) is 18.5. The van der Waals surface area contributed by atoms with Gasteiger partial charge < -0.3 is 10.2 Å². The highest BCUT2D eigenvalue weighted by molar-refractivity contribution is 4.94. The van der Waals surface area contributed by atoms with Crippen molar-refractivity contribution in [3.05, 3.63) is 12.7 Å². The molecule has 0 bridgehead atoms. The Kier molecular flexibility index (Phi) is 3.76. The normalized spacial score (nSPS) is 19.5. The van der Waals surface area contributed by atoms with Gasteiger partial charge in [-0.1, -0.05) is 26.8 Å². The predicted molar refractivity (Wildman–Crippen MR) is 46.2 cm³/mol. The topological polar surface area (TPSA) is 40.5 Å². The molecular formula is C9H18O2. The van der Waals surface area contributed by atoms with Crippen LogP contribution >= 0.6 is 0 Å². The molecule has 66 valence electrons. The van der Waals surface area contributed by atoms with Crippen LogP contribution in [0, 0.1) is 11.3 Å². The summed E-state index contributed by atoms with van der Waals surface area (Å²) < 4.78 is 0. The van der Waals surface area contributed by atoms with Crippen molar-refractivity contribution in [3.63, 3.8) is 0 Å². The number of aliphatic hydroxyl groups is 2. The van der Waals surface area contributed by atoms with Crippen LogP contribution in [-0.4, -0.2) is 22.9 Å². The summed E-state index contributed by atoms with van der Waals surface area (Å²) in [7, 11) is 0. The molecule has 0 aliphatic carbocycles. The standard InChI is InChI=1S/C9H18O2/c1-5-8(11)9(4,6-10)7(2)3/h5,7-8,10-11H,1,6H2,2-4H3. The van der Waals surface area contributed by atoms with Crippen LogP contribution in [0.1, 0.15) is 20.8 Å². The lowest BCUT2D eigenvalue weighted by Gasteiger charge is -2.34. The quantitative estimate of drug-likeness (QED) is 0.603. The van der Waals surface area contributed by atoms with E-state index >= 15 is 0 Å². The van der Waals surface area contributed by atoms with Gasteiger partial charge in [0, 0.05) is 5.41 Å². The van der Waals surface area contributed by atoms with E-state index in [9.17, 15) is 5.11 Å². The third-order valence-corrected chi connectivity index (χ3v) is 2.56. The molecule has 0 aromatic heterocycles. The minimum absolute atomic E-state index is 0.0160. The monoisotopic (exact) mass is 158 g/mol. The van der Waals surface area contributed by atoms with E-state index in [0.29, 0.717) is 0 Å². The number of rotatable bonds is 4. The van der Waals surface area contributed by atoms with Crippen LogP contribution in [0.2, 0.25) is 0 Å². The summed E-state index contributed by atoms with van der Waals surface area (Å²) in [6, 6.07) is 0. The zero-order valence-corrected chi connectivity index (χ0v) is 7.54. The van der Waals surface area contributed by atoms with E-state index in [0.717, 1.165) is 0 Å². The van der Waals surface area contributed by atoms with Crippen LogP contribution in [0.3, 0.4) is 0 Å². The van der Waals surface area contributed by atoms with Gasteiger partial charge in [-0.15, -0.1) is 6.58 Å². The SMILES string of the molecule is C=CC(O)C(C)(CO)C(C)C. The van der Waals surface area contributed by atoms with Crippen molar-refractivity contribution in [1.82, 2.24) is 0 Å². The summed E-state index contributed by atoms with van der Waals surface area (Å²) >= 11 is 0. The van der Waals surface area contributed by atoms with Crippen LogP contribution < -0.4 is 0 Å². The molecular weight excluding hydrogens is 140 g/mol. The molecule has 0 aliphatic heterocycles. The molecule has 2 atom stereocenters. The lowest BCUT2D eigenvalue weighted by atomic mass is 9.75. The summed E-state index contributed by atoms with van der Waals surface area (Å²) in [6.45, 7) is 9.28. The maximum Gasteiger partial charge on any atom is 0.0796 e. The highest BCUT2D eigenvalue weighted by atomic mass is 16.3. The lowest BCUT2D eigenvalue weighted by molar-refractivity contribution is -0.00980. The number of aliphatic hydroxyl groups excluding tert-OH is 2. The third kappa shape index (κ3) is 2.04. The zero-order valence-electron chi connectivity index (χ0n) is 7.54. The Morgan fingerprint density at radius 3 is 2.09 bits per heavy atom. The van der Waals surface area contributed by atoms with Crippen LogP contribution in [0.25, 0.3) is 0 Å². The van der Waals surface area contributed by atoms with Gasteiger partial charge in [0.2, 0.25) is 0 Å². The van der Waals surface area contributed by atoms with E-state index in [1.54, 1.807) is 0 Å². The Labute approximate surface area is 68.6 Å². The number of hydrogen-bond acceptors (Lipinski definition) is 2. The largest absolute Gasteiger partial charge is 0.396 e. The highest BCUT2D eigenvalue weighted by Gasteiger charge is 2.33. The van der Waals surface area contributed by atoms with E-state index < -0.39 is 11.5 Å². The fraction of sp³-hybridized carbons (Fsp3) is 0.778. The molecule has 2 heteroatoms. The molecule has 0 aromatic rings. The lowest BCUT2D eigenvalue weighted by Crippen LogP contribution is -2.39. The highest BCUT2D eigenvalue weighted by Crippen LogP contribution is 2.30. The first-order chi connectivity index (χ1) is 4.99. The van der Waals surface area contributed by atoms with E-state index in [1.807, 2.05) is 20.8 Å². The van der Waals surface area contributed by atoms with Gasteiger partial charge in [0.25, 0.3) is 0 Å². The van der Waals surface area contributed by atoms with Gasteiger partial charge in [-0.2, -0.15) is 0 Å². The summed E-state index contributed by atoms with van der Waals surface area (Å²) in [5.74, 6) is 0.237. The van der Waals surface area contributed by atoms with Gasteiger partial charge in [0.15, 0.2) is 0 Å². The maximum atomic E-state index is 9.47. The second kappa shape index (κ2) is 3.88. The van der Waals surface area contributed by atoms with Crippen molar-refractivity contribution in [2.24, 2.45) is 11.3 Å². The van der Waals surface area contributed by atoms with Gasteiger partial charge >= 0.3 is 0 Å². The van der Waals surface area contributed by atoms with Gasteiger partial charge in [-0.25, -0.2) is 0 Å². The summed E-state index contributed by atoms with van der Waals surface area (Å²) in [4.78, 5) is 0. The van der Waals surface area contributed by atoms with Crippen molar-refractivity contribution in [1.29, 1.82) is 0 Å². The van der Waals surface area contributed by atoms with Gasteiger partial charge in [-0.05, 0) is 5.92 Å². The Hall–Kier alpha value is -0.340. The molecule has 2 unspecified atom stereocenters. The van der Waals surface area contributed by atoms with Crippen molar-refractivity contribution in [3.8, 4) is 0 Å². The van der Waals surface area contributed by atoms with Gasteiger partial charge in [-0.3, -0.25) is 0 Å². The summed E-state index contributed by atoms with van der Waals surface area (Å²) in [5.41, 5.74) is -0.457. The Balaban J connectivity index is 4.44. The molecule has 0 radical (unpaired) electrons. The fourth-order valence-electron chi connectivity index (χ4n) is 0.887. The van der Waals surface area contributed by atoms with Crippen LogP contribution in [-0.2, 0) is 0 Å². The Bertz CT molecular complexity index is 132. The van der Waals surface area contributed by atoms with Gasteiger partial charge in [0.05, 0.1) is 12.7 Å². The molecule has 0 aromatic carbocycles. The van der Waals surface area contributed by atoms with Crippen molar-refractivity contribution in [2.45, 2.75) is 26.9 Å². The first-order valence-corrected chi connectivity index (χ1v) is 3.90. The molecule has 0 saturated carbocycles. The summed E-state index contributed by atoms with van der Waals surface area (Å²) in [6.07, 6.45) is 0.837. The maximum absolute atomic E-state index is 9.47. The number of hydrogen-bond donors (Lipinski definition) is 2. The first kappa shape index (κ1) is 10.7. The molecule has 2 nitrogen and oxygen atoms in total. The molecule has 0 rings (SSSR count). The second-order valence-electron chi connectivity index (χ2n) is 3.50. The second-order valence-corrected chi connectivity index (χ2v) is 3.50. The molecule has 0 heterocycles. The molecule has 11 heavy (non-hydrogen) atoms. The molecule has 2 N–H and O–H groups in total. The fourth-order valence-corrected chi connectivity index (χ4v) is 0.887. The van der Waals surface area contributed by atoms with Crippen LogP contribution in [0.4, 0.5) is 0 Å². The van der Waals surface area contributed by atoms with Gasteiger partial charge in [0.1, 0.15) is 0 Å². The predicted octanol–water partition coefficient (Wildman–Crippen LogP) is 1.19. The van der Waals surface area contributed by atoms with E-state index in [4.69, 9.17) is 5.11 Å². The zero-order chi connectivity index (χ0) is 9.07. The molecule has 0 spiro atoms.